The van der Waals surface area contributed by atoms with Gasteiger partial charge in [-0.15, -0.1) is 5.10 Å². The van der Waals surface area contributed by atoms with Crippen LogP contribution in [0.1, 0.15) is 0 Å². The van der Waals surface area contributed by atoms with E-state index in [0.29, 0.717) is 11.6 Å². The van der Waals surface area contributed by atoms with Gasteiger partial charge in [0.05, 0.1) is 4.47 Å². The molecule has 0 amide bonds. The van der Waals surface area contributed by atoms with Gasteiger partial charge in [-0.05, 0) is 28.1 Å². The van der Waals surface area contributed by atoms with Crippen LogP contribution >= 0.6 is 15.9 Å². The minimum Gasteiger partial charge on any atom is -0.350 e. The molecule has 0 bridgehead atoms. The van der Waals surface area contributed by atoms with Gasteiger partial charge in [0.25, 0.3) is 0 Å². The monoisotopic (exact) mass is 258 g/mol. The summed E-state index contributed by atoms with van der Waals surface area (Å²) in [6, 6.07) is 3.73. The quantitative estimate of drug-likeness (QED) is 0.914. The van der Waals surface area contributed by atoms with Crippen LogP contribution in [0.3, 0.4) is 0 Å². The van der Waals surface area contributed by atoms with Gasteiger partial charge in [-0.2, -0.15) is 4.98 Å². The van der Waals surface area contributed by atoms with Crippen molar-refractivity contribution < 1.29 is 4.39 Å². The number of anilines is 1. The molecule has 0 unspecified atom stereocenters. The number of hydrogen-bond donors (Lipinski definition) is 1. The van der Waals surface area contributed by atoms with Crippen molar-refractivity contribution in [2.75, 3.05) is 18.5 Å². The zero-order valence-electron chi connectivity index (χ0n) is 7.24. The fourth-order valence-electron chi connectivity index (χ4n) is 1.11. The molecule has 0 aliphatic heterocycles. The number of aromatic nitrogens is 3. The highest BCUT2D eigenvalue weighted by molar-refractivity contribution is 9.10. The molecule has 0 spiro atoms. The summed E-state index contributed by atoms with van der Waals surface area (Å²) in [7, 11) is 0. The Morgan fingerprint density at radius 3 is 3.14 bits per heavy atom. The van der Waals surface area contributed by atoms with Gasteiger partial charge in [-0.3, -0.25) is 0 Å². The molecule has 0 saturated heterocycles. The molecule has 0 saturated carbocycles. The molecule has 1 N–H and O–H groups in total. The molecular formula is C8H8BrFN4. The van der Waals surface area contributed by atoms with Crippen LogP contribution in [0, 0.1) is 0 Å². The molecule has 2 aromatic heterocycles. The second kappa shape index (κ2) is 3.91. The maximum Gasteiger partial charge on any atom is 0.243 e. The maximum absolute atomic E-state index is 11.9. The smallest absolute Gasteiger partial charge is 0.243 e. The van der Waals surface area contributed by atoms with Gasteiger partial charge in [0.15, 0.2) is 5.65 Å². The minimum absolute atomic E-state index is 0.231. The lowest BCUT2D eigenvalue weighted by Crippen LogP contribution is -2.04. The molecule has 2 heterocycles. The normalized spacial score (nSPS) is 10.7. The van der Waals surface area contributed by atoms with Gasteiger partial charge in [0.1, 0.15) is 6.67 Å². The summed E-state index contributed by atoms with van der Waals surface area (Å²) in [4.78, 5) is 4.18. The van der Waals surface area contributed by atoms with Crippen molar-refractivity contribution in [3.63, 3.8) is 0 Å². The number of alkyl halides is 1. The Bertz CT molecular complexity index is 442. The van der Waals surface area contributed by atoms with E-state index in [-0.39, 0.29) is 6.54 Å². The first-order valence-electron chi connectivity index (χ1n) is 4.12. The zero-order chi connectivity index (χ0) is 9.97. The first kappa shape index (κ1) is 9.39. The predicted molar refractivity (Wildman–Crippen MR) is 55.2 cm³/mol. The number of fused-ring (bicyclic) bond motifs is 1. The number of pyridine rings is 1. The van der Waals surface area contributed by atoms with Crippen molar-refractivity contribution in [1.82, 2.24) is 14.6 Å². The van der Waals surface area contributed by atoms with Crippen LogP contribution in [0.4, 0.5) is 10.3 Å². The summed E-state index contributed by atoms with van der Waals surface area (Å²) in [5, 5.41) is 6.88. The molecule has 0 aliphatic carbocycles. The average Bonchev–Trinajstić information content (AvgIpc) is 2.59. The largest absolute Gasteiger partial charge is 0.350 e. The SMILES string of the molecule is FCCNc1nc2c(Br)cccn2n1. The Balaban J connectivity index is 2.36. The maximum atomic E-state index is 11.9. The highest BCUT2D eigenvalue weighted by Crippen LogP contribution is 2.16. The third-order valence-corrected chi connectivity index (χ3v) is 2.31. The second-order valence-electron chi connectivity index (χ2n) is 2.68. The summed E-state index contributed by atoms with van der Waals surface area (Å²) in [5.41, 5.74) is 0.717. The van der Waals surface area contributed by atoms with Crippen molar-refractivity contribution in [2.45, 2.75) is 0 Å². The van der Waals surface area contributed by atoms with Crippen molar-refractivity contribution in [3.05, 3.63) is 22.8 Å². The number of rotatable bonds is 3. The number of hydrogen-bond acceptors (Lipinski definition) is 3. The molecule has 2 rings (SSSR count). The zero-order valence-corrected chi connectivity index (χ0v) is 8.83. The second-order valence-corrected chi connectivity index (χ2v) is 3.53. The molecule has 6 heteroatoms. The molecule has 0 atom stereocenters. The van der Waals surface area contributed by atoms with Crippen LogP contribution in [-0.4, -0.2) is 27.8 Å². The van der Waals surface area contributed by atoms with Gasteiger partial charge in [0.2, 0.25) is 5.95 Å². The molecule has 0 aromatic carbocycles. The molecule has 4 nitrogen and oxygen atoms in total. The molecule has 2 aromatic rings. The molecular weight excluding hydrogens is 251 g/mol. The lowest BCUT2D eigenvalue weighted by molar-refractivity contribution is 0.512. The topological polar surface area (TPSA) is 42.2 Å². The Kier molecular flexibility index (Phi) is 2.62. The average molecular weight is 259 g/mol. The van der Waals surface area contributed by atoms with Gasteiger partial charge in [0, 0.05) is 12.7 Å². The third-order valence-electron chi connectivity index (χ3n) is 1.69. The van der Waals surface area contributed by atoms with E-state index in [0.717, 1.165) is 4.47 Å². The van der Waals surface area contributed by atoms with E-state index in [4.69, 9.17) is 0 Å². The highest BCUT2D eigenvalue weighted by atomic mass is 79.9. The summed E-state index contributed by atoms with van der Waals surface area (Å²) in [6.45, 7) is -0.203. The minimum atomic E-state index is -0.434. The van der Waals surface area contributed by atoms with E-state index in [2.05, 4.69) is 31.3 Å². The van der Waals surface area contributed by atoms with Crippen LogP contribution in [0.2, 0.25) is 0 Å². The van der Waals surface area contributed by atoms with Crippen molar-refractivity contribution >= 4 is 27.5 Å². The van der Waals surface area contributed by atoms with E-state index in [1.807, 2.05) is 12.1 Å². The molecule has 0 radical (unpaired) electrons. The van der Waals surface area contributed by atoms with E-state index >= 15 is 0 Å². The van der Waals surface area contributed by atoms with Crippen LogP contribution in [-0.2, 0) is 0 Å². The van der Waals surface area contributed by atoms with Crippen LogP contribution in [0.15, 0.2) is 22.8 Å². The summed E-state index contributed by atoms with van der Waals surface area (Å²) >= 11 is 3.35. The summed E-state index contributed by atoms with van der Waals surface area (Å²) in [5.74, 6) is 0.439. The fraction of sp³-hybridized carbons (Fsp3) is 0.250. The standard InChI is InChI=1S/C8H8BrFN4/c9-6-2-1-5-14-7(6)12-8(13-14)11-4-3-10/h1-2,5H,3-4H2,(H,11,13). The van der Waals surface area contributed by atoms with Crippen molar-refractivity contribution in [1.29, 1.82) is 0 Å². The van der Waals surface area contributed by atoms with Crippen molar-refractivity contribution in [2.24, 2.45) is 0 Å². The number of nitrogens with zero attached hydrogens (tertiary/aromatic N) is 3. The molecule has 74 valence electrons. The Morgan fingerprint density at radius 1 is 1.57 bits per heavy atom. The van der Waals surface area contributed by atoms with E-state index in [1.165, 1.54) is 0 Å². The third kappa shape index (κ3) is 1.70. The van der Waals surface area contributed by atoms with Gasteiger partial charge >= 0.3 is 0 Å². The Hall–Kier alpha value is -1.17. The van der Waals surface area contributed by atoms with Gasteiger partial charge in [-0.25, -0.2) is 8.91 Å². The molecule has 14 heavy (non-hydrogen) atoms. The van der Waals surface area contributed by atoms with E-state index in [9.17, 15) is 4.39 Å². The van der Waals surface area contributed by atoms with Gasteiger partial charge in [-0.1, -0.05) is 0 Å². The summed E-state index contributed by atoms with van der Waals surface area (Å²) in [6.07, 6.45) is 1.79. The Labute approximate surface area is 88.3 Å². The number of halogens is 2. The molecule has 0 fully saturated rings. The number of nitrogens with one attached hydrogen (secondary N) is 1. The Morgan fingerprint density at radius 2 is 2.43 bits per heavy atom. The highest BCUT2D eigenvalue weighted by Gasteiger charge is 2.04. The molecule has 0 aliphatic rings. The van der Waals surface area contributed by atoms with Gasteiger partial charge < -0.3 is 5.32 Å². The van der Waals surface area contributed by atoms with Crippen molar-refractivity contribution in [3.8, 4) is 0 Å². The van der Waals surface area contributed by atoms with Crippen LogP contribution in [0.25, 0.3) is 5.65 Å². The fourth-order valence-corrected chi connectivity index (χ4v) is 1.53. The van der Waals surface area contributed by atoms with Crippen LogP contribution < -0.4 is 5.32 Å². The lowest BCUT2D eigenvalue weighted by atomic mass is 10.5. The lowest BCUT2D eigenvalue weighted by Gasteiger charge is -1.93. The summed E-state index contributed by atoms with van der Waals surface area (Å²) < 4.78 is 14.4. The van der Waals surface area contributed by atoms with Crippen LogP contribution in [0.5, 0.6) is 0 Å². The first-order valence-corrected chi connectivity index (χ1v) is 4.91. The van der Waals surface area contributed by atoms with E-state index < -0.39 is 6.67 Å². The van der Waals surface area contributed by atoms with E-state index in [1.54, 1.807) is 10.7 Å². The predicted octanol–water partition coefficient (Wildman–Crippen LogP) is 1.87. The first-order chi connectivity index (χ1) is 6.81.